The summed E-state index contributed by atoms with van der Waals surface area (Å²) in [4.78, 5) is 13.2. The van der Waals surface area contributed by atoms with Gasteiger partial charge in [0.1, 0.15) is 11.6 Å². The van der Waals surface area contributed by atoms with E-state index in [1.54, 1.807) is 22.9 Å². The summed E-state index contributed by atoms with van der Waals surface area (Å²) in [6.45, 7) is 3.89. The van der Waals surface area contributed by atoms with E-state index in [1.165, 1.54) is 17.7 Å². The quantitative estimate of drug-likeness (QED) is 0.532. The molecular formula is C24H22FN5O. The van der Waals surface area contributed by atoms with Crippen molar-refractivity contribution < 1.29 is 9.18 Å². The summed E-state index contributed by atoms with van der Waals surface area (Å²) in [5, 5.41) is 12.1. The average Bonchev–Trinajstić information content (AvgIpc) is 3.45. The summed E-state index contributed by atoms with van der Waals surface area (Å²) in [6.07, 6.45) is 2.74. The van der Waals surface area contributed by atoms with Crippen LogP contribution in [0.2, 0.25) is 0 Å². The Hall–Kier alpha value is -3.74. The predicted molar refractivity (Wildman–Crippen MR) is 117 cm³/mol. The number of aromatic nitrogens is 4. The van der Waals surface area contributed by atoms with E-state index in [0.717, 1.165) is 41.9 Å². The molecule has 5 rings (SSSR count). The predicted octanol–water partition coefficient (Wildman–Crippen LogP) is 4.55. The van der Waals surface area contributed by atoms with Gasteiger partial charge in [-0.05, 0) is 69.5 Å². The van der Waals surface area contributed by atoms with Crippen molar-refractivity contribution >= 4 is 11.7 Å². The zero-order valence-corrected chi connectivity index (χ0v) is 17.4. The van der Waals surface area contributed by atoms with Crippen LogP contribution in [0.5, 0.6) is 0 Å². The van der Waals surface area contributed by atoms with Gasteiger partial charge in [-0.15, -0.1) is 0 Å². The van der Waals surface area contributed by atoms with E-state index in [2.05, 4.69) is 15.5 Å². The first-order valence-corrected chi connectivity index (χ1v) is 10.3. The number of nitrogens with one attached hydrogen (secondary N) is 1. The van der Waals surface area contributed by atoms with Gasteiger partial charge in [0.25, 0.3) is 5.91 Å². The zero-order valence-electron chi connectivity index (χ0n) is 17.4. The van der Waals surface area contributed by atoms with Gasteiger partial charge in [-0.1, -0.05) is 17.7 Å². The van der Waals surface area contributed by atoms with Crippen LogP contribution in [0.25, 0.3) is 11.4 Å². The molecule has 1 aliphatic carbocycles. The van der Waals surface area contributed by atoms with Crippen molar-refractivity contribution in [2.45, 2.75) is 33.1 Å². The highest BCUT2D eigenvalue weighted by atomic mass is 19.1. The monoisotopic (exact) mass is 415 g/mol. The van der Waals surface area contributed by atoms with Crippen LogP contribution in [-0.4, -0.2) is 25.5 Å². The first kappa shape index (κ1) is 19.2. The summed E-state index contributed by atoms with van der Waals surface area (Å²) in [5.41, 5.74) is 6.08. The molecule has 0 aliphatic heterocycles. The summed E-state index contributed by atoms with van der Waals surface area (Å²) < 4.78 is 16.8. The Morgan fingerprint density at radius 3 is 2.35 bits per heavy atom. The topological polar surface area (TPSA) is 64.7 Å². The Kier molecular flexibility index (Phi) is 4.66. The Balaban J connectivity index is 1.49. The molecular weight excluding hydrogens is 393 g/mol. The standard InChI is InChI=1S/C24H22FN5O/c1-15-6-10-18(11-7-15)29-21-5-3-4-20(21)23(28-29)24(31)26-22-14-16(2)27-30(22)19-12-8-17(25)9-13-19/h6-14H,3-5H2,1-2H3,(H,26,31). The number of carbonyl (C=O) groups excluding carboxylic acids is 1. The highest BCUT2D eigenvalue weighted by molar-refractivity contribution is 6.04. The van der Waals surface area contributed by atoms with E-state index in [0.29, 0.717) is 17.2 Å². The van der Waals surface area contributed by atoms with Crippen LogP contribution < -0.4 is 5.32 Å². The summed E-state index contributed by atoms with van der Waals surface area (Å²) in [6, 6.07) is 15.9. The molecule has 1 aliphatic rings. The number of anilines is 1. The number of rotatable bonds is 4. The molecule has 0 saturated carbocycles. The minimum absolute atomic E-state index is 0.271. The van der Waals surface area contributed by atoms with Gasteiger partial charge >= 0.3 is 0 Å². The molecule has 0 radical (unpaired) electrons. The van der Waals surface area contributed by atoms with Crippen LogP contribution in [-0.2, 0) is 12.8 Å². The number of hydrogen-bond donors (Lipinski definition) is 1. The van der Waals surface area contributed by atoms with Crippen LogP contribution in [0, 0.1) is 19.7 Å². The molecule has 2 heterocycles. The lowest BCUT2D eigenvalue weighted by Gasteiger charge is -2.09. The Bertz CT molecular complexity index is 1270. The Labute approximate surface area is 179 Å². The van der Waals surface area contributed by atoms with E-state index >= 15 is 0 Å². The number of hydrogen-bond acceptors (Lipinski definition) is 3. The normalized spacial score (nSPS) is 12.7. The molecule has 4 aromatic rings. The SMILES string of the molecule is Cc1ccc(-n2nc(C(=O)Nc3cc(C)nn3-c3ccc(F)cc3)c3c2CCC3)cc1. The third kappa shape index (κ3) is 3.52. The van der Waals surface area contributed by atoms with Crippen molar-refractivity contribution in [2.24, 2.45) is 0 Å². The molecule has 1 amide bonds. The van der Waals surface area contributed by atoms with Gasteiger partial charge in [-0.2, -0.15) is 10.2 Å². The van der Waals surface area contributed by atoms with Crippen LogP contribution in [0.4, 0.5) is 10.2 Å². The summed E-state index contributed by atoms with van der Waals surface area (Å²) >= 11 is 0. The molecule has 2 aromatic heterocycles. The number of fused-ring (bicyclic) bond motifs is 1. The van der Waals surface area contributed by atoms with E-state index in [9.17, 15) is 9.18 Å². The fraction of sp³-hybridized carbons (Fsp3) is 0.208. The van der Waals surface area contributed by atoms with Crippen molar-refractivity contribution in [3.63, 3.8) is 0 Å². The maximum absolute atomic E-state index is 13.3. The van der Waals surface area contributed by atoms with Gasteiger partial charge in [-0.3, -0.25) is 4.79 Å². The van der Waals surface area contributed by atoms with Gasteiger partial charge in [0, 0.05) is 17.3 Å². The fourth-order valence-electron chi connectivity index (χ4n) is 4.06. The third-order valence-electron chi connectivity index (χ3n) is 5.57. The highest BCUT2D eigenvalue weighted by Crippen LogP contribution is 2.29. The second kappa shape index (κ2) is 7.50. The van der Waals surface area contributed by atoms with Crippen LogP contribution in [0.15, 0.2) is 54.6 Å². The molecule has 0 spiro atoms. The largest absolute Gasteiger partial charge is 0.305 e. The average molecular weight is 415 g/mol. The first-order valence-electron chi connectivity index (χ1n) is 10.3. The van der Waals surface area contributed by atoms with Crippen LogP contribution >= 0.6 is 0 Å². The van der Waals surface area contributed by atoms with E-state index in [-0.39, 0.29) is 11.7 Å². The first-order chi connectivity index (χ1) is 15.0. The Morgan fingerprint density at radius 1 is 0.935 bits per heavy atom. The summed E-state index contributed by atoms with van der Waals surface area (Å²) in [5.74, 6) is -0.0755. The van der Waals surface area contributed by atoms with Gasteiger partial charge in [0.15, 0.2) is 5.69 Å². The molecule has 156 valence electrons. The lowest BCUT2D eigenvalue weighted by Crippen LogP contribution is -2.17. The molecule has 0 atom stereocenters. The number of amides is 1. The van der Waals surface area contributed by atoms with Crippen molar-refractivity contribution in [1.82, 2.24) is 19.6 Å². The van der Waals surface area contributed by atoms with Crippen molar-refractivity contribution in [3.8, 4) is 11.4 Å². The van der Waals surface area contributed by atoms with Gasteiger partial charge < -0.3 is 5.32 Å². The molecule has 0 bridgehead atoms. The molecule has 0 saturated heterocycles. The van der Waals surface area contributed by atoms with Gasteiger partial charge in [0.2, 0.25) is 0 Å². The third-order valence-corrected chi connectivity index (χ3v) is 5.57. The molecule has 6 nitrogen and oxygen atoms in total. The lowest BCUT2D eigenvalue weighted by atomic mass is 10.2. The Morgan fingerprint density at radius 2 is 1.61 bits per heavy atom. The van der Waals surface area contributed by atoms with E-state index in [1.807, 2.05) is 42.8 Å². The van der Waals surface area contributed by atoms with Crippen molar-refractivity contribution in [2.75, 3.05) is 5.32 Å². The van der Waals surface area contributed by atoms with E-state index in [4.69, 9.17) is 0 Å². The zero-order chi connectivity index (χ0) is 21.5. The molecule has 2 aromatic carbocycles. The number of carbonyl (C=O) groups is 1. The lowest BCUT2D eigenvalue weighted by molar-refractivity contribution is 0.102. The van der Waals surface area contributed by atoms with Crippen molar-refractivity contribution in [1.29, 1.82) is 0 Å². The molecule has 31 heavy (non-hydrogen) atoms. The molecule has 1 N–H and O–H groups in total. The second-order valence-electron chi connectivity index (χ2n) is 7.89. The number of benzene rings is 2. The minimum atomic E-state index is -0.324. The highest BCUT2D eigenvalue weighted by Gasteiger charge is 2.27. The fourth-order valence-corrected chi connectivity index (χ4v) is 4.06. The van der Waals surface area contributed by atoms with E-state index < -0.39 is 0 Å². The van der Waals surface area contributed by atoms with Gasteiger partial charge in [-0.25, -0.2) is 13.8 Å². The second-order valence-corrected chi connectivity index (χ2v) is 7.89. The van der Waals surface area contributed by atoms with Gasteiger partial charge in [0.05, 0.1) is 17.1 Å². The smallest absolute Gasteiger partial charge is 0.277 e. The maximum Gasteiger partial charge on any atom is 0.277 e. The number of nitrogens with zero attached hydrogens (tertiary/aromatic N) is 4. The minimum Gasteiger partial charge on any atom is -0.305 e. The maximum atomic E-state index is 13.3. The molecule has 7 heteroatoms. The summed E-state index contributed by atoms with van der Waals surface area (Å²) in [7, 11) is 0. The molecule has 0 unspecified atom stereocenters. The number of halogens is 1. The number of aryl methyl sites for hydroxylation is 2. The van der Waals surface area contributed by atoms with Crippen LogP contribution in [0.1, 0.15) is 39.4 Å². The van der Waals surface area contributed by atoms with Crippen LogP contribution in [0.3, 0.4) is 0 Å². The molecule has 0 fully saturated rings. The van der Waals surface area contributed by atoms with Crippen molar-refractivity contribution in [3.05, 3.63) is 88.6 Å².